The number of anilines is 2. The molecule has 334 valence electrons. The molecule has 4 heterocycles. The minimum Gasteiger partial charge on any atom is -0.482 e. The standard InChI is InChI=1S/C48H59N7O7S/c1-8-45(3)24-46(4)25-47(5,28-48(26-45,27-46)62-20-19-53(6)7)29-55-30(2)34(21-49-55)32-14-16-39(51-41(32)43(59)60)54-18-17-31-35(22-54)33(13-15-37(31)61-23-40(56)57)42(58)52-44-50-36-11-9-10-12-38(36)63-44/h9-16,21H,8,17-20,22-29H2,1-7H3,(H,56,57)(H,59,60)(H,50,52,58). The number of amides is 1. The summed E-state index contributed by atoms with van der Waals surface area (Å²) in [4.78, 5) is 51.8. The fraction of sp³-hybridized carbons (Fsp3) is 0.500. The first kappa shape index (κ1) is 44.2. The predicted octanol–water partition coefficient (Wildman–Crippen LogP) is 8.56. The summed E-state index contributed by atoms with van der Waals surface area (Å²) in [6.07, 6.45) is 8.53. The number of nitrogens with one attached hydrogen (secondary N) is 1. The number of fused-ring (bicyclic) bond motifs is 4. The van der Waals surface area contributed by atoms with E-state index in [0.29, 0.717) is 65.1 Å². The van der Waals surface area contributed by atoms with Gasteiger partial charge in [-0.3, -0.25) is 14.8 Å². The zero-order chi connectivity index (χ0) is 44.9. The minimum absolute atomic E-state index is 0.0914. The van der Waals surface area contributed by atoms with Gasteiger partial charge in [-0.05, 0) is 118 Å². The van der Waals surface area contributed by atoms with Gasteiger partial charge in [-0.25, -0.2) is 19.6 Å². The van der Waals surface area contributed by atoms with Crippen molar-refractivity contribution in [3.05, 3.63) is 82.8 Å². The summed E-state index contributed by atoms with van der Waals surface area (Å²) in [5.74, 6) is -1.82. The number of nitrogens with zero attached hydrogens (tertiary/aromatic N) is 6. The van der Waals surface area contributed by atoms with Crippen LogP contribution < -0.4 is 15.0 Å². The maximum atomic E-state index is 13.9. The van der Waals surface area contributed by atoms with E-state index in [0.717, 1.165) is 66.5 Å². The molecule has 0 saturated heterocycles. The number of carbonyl (C=O) groups is 3. The third-order valence-corrected chi connectivity index (χ3v) is 14.5. The average molecular weight is 878 g/mol. The first-order chi connectivity index (χ1) is 29.9. The minimum atomic E-state index is -1.16. The van der Waals surface area contributed by atoms with E-state index in [9.17, 15) is 24.6 Å². The molecule has 1 amide bonds. The van der Waals surface area contributed by atoms with Gasteiger partial charge in [-0.2, -0.15) is 5.10 Å². The number of rotatable bonds is 15. The monoisotopic (exact) mass is 877 g/mol. The number of carboxylic acid groups (broad SMARTS) is 2. The van der Waals surface area contributed by atoms with Crippen LogP contribution in [0.4, 0.5) is 10.9 Å². The number of aromatic carboxylic acids is 1. The van der Waals surface area contributed by atoms with Gasteiger partial charge in [0.1, 0.15) is 11.6 Å². The van der Waals surface area contributed by atoms with Crippen LogP contribution >= 0.6 is 11.3 Å². The van der Waals surface area contributed by atoms with Crippen molar-refractivity contribution in [2.24, 2.45) is 16.2 Å². The molecule has 63 heavy (non-hydrogen) atoms. The maximum absolute atomic E-state index is 13.9. The second-order valence-corrected chi connectivity index (χ2v) is 20.6. The largest absolute Gasteiger partial charge is 0.482 e. The molecule has 2 aliphatic carbocycles. The highest BCUT2D eigenvalue weighted by Crippen LogP contribution is 2.64. The molecule has 0 spiro atoms. The zero-order valence-corrected chi connectivity index (χ0v) is 38.2. The second-order valence-electron chi connectivity index (χ2n) is 19.5. The molecule has 14 nitrogen and oxygen atoms in total. The van der Waals surface area contributed by atoms with Gasteiger partial charge in [0, 0.05) is 54.1 Å². The third-order valence-electron chi connectivity index (χ3n) is 13.6. The van der Waals surface area contributed by atoms with Gasteiger partial charge in [0.2, 0.25) is 0 Å². The SMILES string of the molecule is CCC1(C)CC2(C)CC(C)(Cn3ncc(-c4ccc(N5CCc6c(OCC(=O)O)ccc(C(=O)Nc7nc8ccccc8s7)c6C5)nc4C(=O)O)c3C)CC(OCCN(C)C)(C1)C2. The fourth-order valence-electron chi connectivity index (χ4n) is 11.5. The first-order valence-electron chi connectivity index (χ1n) is 21.9. The molecule has 8 rings (SSSR count). The molecule has 15 heteroatoms. The molecule has 3 aliphatic rings. The number of carbonyl (C=O) groups excluding carboxylic acids is 1. The lowest BCUT2D eigenvalue weighted by Crippen LogP contribution is -2.58. The number of carboxylic acids is 2. The highest BCUT2D eigenvalue weighted by molar-refractivity contribution is 7.22. The smallest absolute Gasteiger partial charge is 0.355 e. The summed E-state index contributed by atoms with van der Waals surface area (Å²) in [5.41, 5.74) is 4.52. The van der Waals surface area contributed by atoms with Crippen molar-refractivity contribution in [1.82, 2.24) is 24.6 Å². The molecule has 1 aliphatic heterocycles. The average Bonchev–Trinajstić information content (AvgIpc) is 3.79. The Morgan fingerprint density at radius 3 is 2.41 bits per heavy atom. The summed E-state index contributed by atoms with van der Waals surface area (Å²) in [7, 11) is 4.17. The molecule has 4 unspecified atom stereocenters. The van der Waals surface area contributed by atoms with Crippen LogP contribution in [0.25, 0.3) is 21.3 Å². The van der Waals surface area contributed by atoms with E-state index in [1.54, 1.807) is 24.4 Å². The molecule has 4 atom stereocenters. The highest BCUT2D eigenvalue weighted by atomic mass is 32.1. The van der Waals surface area contributed by atoms with Gasteiger partial charge >= 0.3 is 11.9 Å². The van der Waals surface area contributed by atoms with Crippen molar-refractivity contribution in [1.29, 1.82) is 0 Å². The predicted molar refractivity (Wildman–Crippen MR) is 244 cm³/mol. The van der Waals surface area contributed by atoms with Crippen LogP contribution in [0.2, 0.25) is 0 Å². The number of hydrogen-bond acceptors (Lipinski definition) is 11. The number of thiazole rings is 1. The number of pyridine rings is 1. The molecule has 0 radical (unpaired) electrons. The Kier molecular flexibility index (Phi) is 11.9. The normalized spacial score (nSPS) is 24.3. The van der Waals surface area contributed by atoms with Gasteiger partial charge in [0.25, 0.3) is 5.91 Å². The molecule has 3 aromatic heterocycles. The third kappa shape index (κ3) is 9.18. The molecule has 2 saturated carbocycles. The molecule has 2 fully saturated rings. The van der Waals surface area contributed by atoms with Gasteiger partial charge < -0.3 is 29.5 Å². The quantitative estimate of drug-likeness (QED) is 0.0917. The van der Waals surface area contributed by atoms with E-state index in [-0.39, 0.29) is 40.0 Å². The van der Waals surface area contributed by atoms with Gasteiger partial charge in [0.15, 0.2) is 17.4 Å². The molecular weight excluding hydrogens is 819 g/mol. The Labute approximate surface area is 372 Å². The van der Waals surface area contributed by atoms with Crippen molar-refractivity contribution in [2.45, 2.75) is 98.3 Å². The number of ether oxygens (including phenoxy) is 2. The van der Waals surface area contributed by atoms with Crippen molar-refractivity contribution in [3.8, 4) is 16.9 Å². The fourth-order valence-corrected chi connectivity index (χ4v) is 12.4. The number of benzene rings is 2. The Morgan fingerprint density at radius 2 is 1.68 bits per heavy atom. The van der Waals surface area contributed by atoms with Gasteiger partial charge in [-0.1, -0.05) is 57.6 Å². The number of aliphatic carboxylic acids is 1. The van der Waals surface area contributed by atoms with E-state index >= 15 is 0 Å². The number of para-hydroxylation sites is 1. The van der Waals surface area contributed by atoms with Crippen molar-refractivity contribution in [3.63, 3.8) is 0 Å². The van der Waals surface area contributed by atoms with E-state index in [1.165, 1.54) is 11.3 Å². The van der Waals surface area contributed by atoms with Crippen LogP contribution in [-0.2, 0) is 29.0 Å². The second kappa shape index (κ2) is 17.0. The van der Waals surface area contributed by atoms with Crippen LogP contribution in [0.1, 0.15) is 104 Å². The van der Waals surface area contributed by atoms with E-state index in [4.69, 9.17) is 19.6 Å². The Hall–Kier alpha value is -5.38. The maximum Gasteiger partial charge on any atom is 0.355 e. The van der Waals surface area contributed by atoms with Gasteiger partial charge in [-0.15, -0.1) is 0 Å². The molecular formula is C48H59N7O7S. The Bertz CT molecular complexity index is 2540. The molecule has 5 aromatic rings. The topological polar surface area (TPSA) is 172 Å². The van der Waals surface area contributed by atoms with Crippen LogP contribution in [0.15, 0.2) is 54.7 Å². The van der Waals surface area contributed by atoms with Crippen molar-refractivity contribution < 1.29 is 34.1 Å². The van der Waals surface area contributed by atoms with Gasteiger partial charge in [0.05, 0.1) is 28.6 Å². The Morgan fingerprint density at radius 1 is 0.921 bits per heavy atom. The first-order valence-corrected chi connectivity index (χ1v) is 22.7. The summed E-state index contributed by atoms with van der Waals surface area (Å²) in [6.45, 7) is 13.9. The summed E-state index contributed by atoms with van der Waals surface area (Å²) in [6, 6.07) is 14.5. The summed E-state index contributed by atoms with van der Waals surface area (Å²) >= 11 is 1.37. The lowest BCUT2D eigenvalue weighted by Gasteiger charge is -2.62. The van der Waals surface area contributed by atoms with Crippen molar-refractivity contribution >= 4 is 50.3 Å². The lowest BCUT2D eigenvalue weighted by atomic mass is 9.47. The van der Waals surface area contributed by atoms with Crippen molar-refractivity contribution in [2.75, 3.05) is 50.6 Å². The number of aromatic nitrogens is 4. The molecule has 2 aromatic carbocycles. The van der Waals surface area contributed by atoms with Crippen LogP contribution in [0, 0.1) is 23.2 Å². The summed E-state index contributed by atoms with van der Waals surface area (Å²) in [5, 5.41) is 28.3. The lowest BCUT2D eigenvalue weighted by molar-refractivity contribution is -0.197. The number of hydrogen-bond donors (Lipinski definition) is 3. The van der Waals surface area contributed by atoms with E-state index in [2.05, 4.69) is 57.0 Å². The molecule has 3 N–H and O–H groups in total. The van der Waals surface area contributed by atoms with Crippen LogP contribution in [0.3, 0.4) is 0 Å². The van der Waals surface area contributed by atoms with Crippen LogP contribution in [0.5, 0.6) is 5.75 Å². The highest BCUT2D eigenvalue weighted by Gasteiger charge is 2.58. The zero-order valence-electron chi connectivity index (χ0n) is 37.4. The molecule has 2 bridgehead atoms. The Balaban J connectivity index is 1.06. The number of likely N-dealkylation sites (N-methyl/N-ethyl adjacent to an activating group) is 1. The van der Waals surface area contributed by atoms with Crippen LogP contribution in [-0.4, -0.2) is 98.7 Å². The summed E-state index contributed by atoms with van der Waals surface area (Å²) < 4.78 is 15.6. The van der Waals surface area contributed by atoms with E-state index in [1.807, 2.05) is 46.8 Å². The van der Waals surface area contributed by atoms with E-state index < -0.39 is 18.5 Å².